The van der Waals surface area contributed by atoms with Gasteiger partial charge < -0.3 is 14.8 Å². The Labute approximate surface area is 183 Å². The van der Waals surface area contributed by atoms with E-state index in [1.807, 2.05) is 13.8 Å². The second-order valence-electron chi connectivity index (χ2n) is 7.01. The average Bonchev–Trinajstić information content (AvgIpc) is 2.78. The lowest BCUT2D eigenvalue weighted by atomic mass is 10.2. The summed E-state index contributed by atoms with van der Waals surface area (Å²) in [5.41, 5.74) is -0.241. The molecule has 168 valence electrons. The minimum absolute atomic E-state index is 0.0447. The van der Waals surface area contributed by atoms with Crippen LogP contribution in [0.4, 0.5) is 11.4 Å². The second-order valence-corrected chi connectivity index (χ2v) is 7.01. The van der Waals surface area contributed by atoms with Gasteiger partial charge >= 0.3 is 0 Å². The number of fused-ring (bicyclic) bond motifs is 1. The van der Waals surface area contributed by atoms with Crippen LogP contribution in [0.5, 0.6) is 11.5 Å². The van der Waals surface area contributed by atoms with Gasteiger partial charge in [0.15, 0.2) is 11.5 Å². The maximum Gasteiger partial charge on any atom is 0.296 e. The molecule has 3 aromatic rings. The van der Waals surface area contributed by atoms with Crippen molar-refractivity contribution < 1.29 is 19.2 Å². The van der Waals surface area contributed by atoms with Crippen LogP contribution in [0.15, 0.2) is 47.5 Å². The highest BCUT2D eigenvalue weighted by atomic mass is 16.6. The predicted octanol–water partition coefficient (Wildman–Crippen LogP) is 3.52. The number of nitro benzene ring substituents is 1. The lowest BCUT2D eigenvalue weighted by Gasteiger charge is -2.15. The largest absolute Gasteiger partial charge is 0.490 e. The van der Waals surface area contributed by atoms with Gasteiger partial charge in [0.05, 0.1) is 41.4 Å². The number of nitro groups is 1. The molecule has 0 aliphatic carbocycles. The molecular formula is C22H24N4O6. The molecule has 0 radical (unpaired) electrons. The third-order valence-electron chi connectivity index (χ3n) is 4.50. The summed E-state index contributed by atoms with van der Waals surface area (Å²) in [4.78, 5) is 40.4. The molecule has 0 atom stereocenters. The van der Waals surface area contributed by atoms with Crippen molar-refractivity contribution in [1.82, 2.24) is 9.55 Å². The van der Waals surface area contributed by atoms with Crippen LogP contribution in [-0.4, -0.2) is 33.6 Å². The number of carbonyl (C=O) groups excluding carboxylic acids is 1. The SMILES string of the molecule is CCCOc1cc(NC(=O)Cn2cnc3ccccc3c2=O)c([N+](=O)[O-])cc1OCCC. The third kappa shape index (κ3) is 5.20. The minimum atomic E-state index is -0.615. The summed E-state index contributed by atoms with van der Waals surface area (Å²) in [6.07, 6.45) is 2.72. The predicted molar refractivity (Wildman–Crippen MR) is 119 cm³/mol. The standard InChI is InChI=1S/C22H24N4O6/c1-3-9-31-19-11-17(18(26(29)30)12-20(19)32-10-4-2)24-21(27)13-25-14-23-16-8-6-5-7-15(16)22(25)28/h5-8,11-12,14H,3-4,9-10,13H2,1-2H3,(H,24,27). The quantitative estimate of drug-likeness (QED) is 0.378. The van der Waals surface area contributed by atoms with E-state index < -0.39 is 10.8 Å². The highest BCUT2D eigenvalue weighted by molar-refractivity contribution is 5.93. The third-order valence-corrected chi connectivity index (χ3v) is 4.50. The Balaban J connectivity index is 1.89. The molecule has 0 saturated carbocycles. The summed E-state index contributed by atoms with van der Waals surface area (Å²) < 4.78 is 12.4. The molecule has 10 heteroatoms. The molecule has 1 heterocycles. The summed E-state index contributed by atoms with van der Waals surface area (Å²) in [6.45, 7) is 4.23. The van der Waals surface area contributed by atoms with E-state index in [2.05, 4.69) is 10.3 Å². The zero-order valence-corrected chi connectivity index (χ0v) is 17.9. The monoisotopic (exact) mass is 440 g/mol. The van der Waals surface area contributed by atoms with Gasteiger partial charge in [0.1, 0.15) is 12.2 Å². The topological polar surface area (TPSA) is 126 Å². The van der Waals surface area contributed by atoms with Crippen molar-refractivity contribution in [1.29, 1.82) is 0 Å². The van der Waals surface area contributed by atoms with Gasteiger partial charge in [0.25, 0.3) is 11.2 Å². The van der Waals surface area contributed by atoms with Gasteiger partial charge in [-0.25, -0.2) is 4.98 Å². The number of benzene rings is 2. The number of hydrogen-bond acceptors (Lipinski definition) is 7. The molecule has 0 bridgehead atoms. The average molecular weight is 440 g/mol. The minimum Gasteiger partial charge on any atom is -0.490 e. The molecule has 3 rings (SSSR count). The lowest BCUT2D eigenvalue weighted by Crippen LogP contribution is -2.28. The van der Waals surface area contributed by atoms with Crippen LogP contribution in [0.3, 0.4) is 0 Å². The maximum atomic E-state index is 12.6. The van der Waals surface area contributed by atoms with Crippen molar-refractivity contribution >= 4 is 28.2 Å². The molecule has 0 aliphatic rings. The van der Waals surface area contributed by atoms with Crippen LogP contribution in [0.1, 0.15) is 26.7 Å². The van der Waals surface area contributed by atoms with E-state index in [0.29, 0.717) is 36.3 Å². The van der Waals surface area contributed by atoms with E-state index in [-0.39, 0.29) is 29.2 Å². The Bertz CT molecular complexity index is 1190. The van der Waals surface area contributed by atoms with E-state index in [1.165, 1.54) is 18.5 Å². The van der Waals surface area contributed by atoms with Crippen LogP contribution in [0.25, 0.3) is 10.9 Å². The van der Waals surface area contributed by atoms with Gasteiger partial charge in [-0.15, -0.1) is 0 Å². The number of hydrogen-bond donors (Lipinski definition) is 1. The molecular weight excluding hydrogens is 416 g/mol. The fraction of sp³-hybridized carbons (Fsp3) is 0.318. The van der Waals surface area contributed by atoms with Gasteiger partial charge in [0.2, 0.25) is 5.91 Å². The van der Waals surface area contributed by atoms with E-state index in [0.717, 1.165) is 11.0 Å². The van der Waals surface area contributed by atoms with E-state index in [1.54, 1.807) is 24.3 Å². The number of rotatable bonds is 10. The second kappa shape index (κ2) is 10.4. The number of anilines is 1. The Kier molecular flexibility index (Phi) is 7.37. The Morgan fingerprint density at radius 3 is 2.44 bits per heavy atom. The number of aromatic nitrogens is 2. The summed E-state index contributed by atoms with van der Waals surface area (Å²) >= 11 is 0. The number of ether oxygens (including phenoxy) is 2. The first-order valence-electron chi connectivity index (χ1n) is 10.3. The van der Waals surface area contributed by atoms with Crippen LogP contribution in [0, 0.1) is 10.1 Å². The number of nitrogens with zero attached hydrogens (tertiary/aromatic N) is 3. The summed E-state index contributed by atoms with van der Waals surface area (Å²) in [5, 5.41) is 14.5. The Morgan fingerprint density at radius 1 is 1.12 bits per heavy atom. The normalized spacial score (nSPS) is 10.7. The molecule has 2 aromatic carbocycles. The summed E-state index contributed by atoms with van der Waals surface area (Å²) in [7, 11) is 0. The highest BCUT2D eigenvalue weighted by Gasteiger charge is 2.22. The summed E-state index contributed by atoms with van der Waals surface area (Å²) in [5.74, 6) is -0.0818. The van der Waals surface area contributed by atoms with Crippen molar-refractivity contribution in [2.75, 3.05) is 18.5 Å². The Morgan fingerprint density at radius 2 is 1.78 bits per heavy atom. The zero-order valence-electron chi connectivity index (χ0n) is 17.9. The number of nitrogens with one attached hydrogen (secondary N) is 1. The molecule has 0 spiro atoms. The molecule has 1 N–H and O–H groups in total. The van der Waals surface area contributed by atoms with Crippen molar-refractivity contribution in [3.63, 3.8) is 0 Å². The molecule has 0 saturated heterocycles. The first-order valence-corrected chi connectivity index (χ1v) is 10.3. The summed E-state index contributed by atoms with van der Waals surface area (Å²) in [6, 6.07) is 9.40. The molecule has 0 fully saturated rings. The molecule has 10 nitrogen and oxygen atoms in total. The smallest absolute Gasteiger partial charge is 0.296 e. The molecule has 1 aromatic heterocycles. The number of amides is 1. The molecule has 0 aliphatic heterocycles. The fourth-order valence-corrected chi connectivity index (χ4v) is 3.01. The lowest BCUT2D eigenvalue weighted by molar-refractivity contribution is -0.384. The van der Waals surface area contributed by atoms with Crippen molar-refractivity contribution in [3.05, 3.63) is 63.2 Å². The first kappa shape index (κ1) is 22.7. The van der Waals surface area contributed by atoms with Crippen LogP contribution in [-0.2, 0) is 11.3 Å². The van der Waals surface area contributed by atoms with E-state index >= 15 is 0 Å². The Hall–Kier alpha value is -3.95. The molecule has 32 heavy (non-hydrogen) atoms. The highest BCUT2D eigenvalue weighted by Crippen LogP contribution is 2.38. The number of carbonyl (C=O) groups is 1. The van der Waals surface area contributed by atoms with Gasteiger partial charge in [-0.2, -0.15) is 0 Å². The van der Waals surface area contributed by atoms with E-state index in [4.69, 9.17) is 9.47 Å². The van der Waals surface area contributed by atoms with Crippen molar-refractivity contribution in [2.45, 2.75) is 33.2 Å². The van der Waals surface area contributed by atoms with Crippen LogP contribution in [0.2, 0.25) is 0 Å². The number of para-hydroxylation sites is 1. The van der Waals surface area contributed by atoms with Gasteiger partial charge in [0, 0.05) is 6.07 Å². The van der Waals surface area contributed by atoms with Gasteiger partial charge in [-0.05, 0) is 25.0 Å². The molecule has 1 amide bonds. The van der Waals surface area contributed by atoms with E-state index in [9.17, 15) is 19.7 Å². The first-order chi connectivity index (χ1) is 15.4. The fourth-order valence-electron chi connectivity index (χ4n) is 3.01. The van der Waals surface area contributed by atoms with Crippen molar-refractivity contribution in [3.8, 4) is 11.5 Å². The van der Waals surface area contributed by atoms with Gasteiger partial charge in [-0.3, -0.25) is 24.3 Å². The van der Waals surface area contributed by atoms with Gasteiger partial charge in [-0.1, -0.05) is 26.0 Å². The van der Waals surface area contributed by atoms with Crippen LogP contribution < -0.4 is 20.3 Å². The van der Waals surface area contributed by atoms with Crippen molar-refractivity contribution in [2.24, 2.45) is 0 Å². The van der Waals surface area contributed by atoms with Crippen LogP contribution >= 0.6 is 0 Å². The maximum absolute atomic E-state index is 12.6. The zero-order chi connectivity index (χ0) is 23.1. The molecule has 0 unspecified atom stereocenters.